The third-order valence-corrected chi connectivity index (χ3v) is 6.23. The predicted octanol–water partition coefficient (Wildman–Crippen LogP) is 7.80. The van der Waals surface area contributed by atoms with Gasteiger partial charge in [0.2, 0.25) is 5.91 Å². The second kappa shape index (κ2) is 18.3. The van der Waals surface area contributed by atoms with Crippen LogP contribution in [0.4, 0.5) is 35.1 Å². The lowest BCUT2D eigenvalue weighted by Gasteiger charge is -2.21. The normalized spacial score (nSPS) is 13.7. The fraction of sp³-hybridized carbons (Fsp3) is 0.273. The average Bonchev–Trinajstić information content (AvgIpc) is 3.02. The number of hydrogen-bond donors (Lipinski definition) is 2. The summed E-state index contributed by atoms with van der Waals surface area (Å²) in [7, 11) is 2.20. The van der Waals surface area contributed by atoms with Gasteiger partial charge in [0, 0.05) is 25.8 Å². The summed E-state index contributed by atoms with van der Waals surface area (Å²) in [5.74, 6) is -5.23. The zero-order chi connectivity index (χ0) is 34.2. The predicted molar refractivity (Wildman–Crippen MR) is 156 cm³/mol. The van der Waals surface area contributed by atoms with Crippen LogP contribution < -0.4 is 5.32 Å². The average molecular weight is 641 g/mol. The molecule has 2 N–H and O–H groups in total. The monoisotopic (exact) mass is 640 g/mol. The Labute approximate surface area is 256 Å². The number of hydrogen-bond acceptors (Lipinski definition) is 3. The van der Waals surface area contributed by atoms with Crippen LogP contribution >= 0.6 is 0 Å². The molecule has 4 nitrogen and oxygen atoms in total. The Balaban J connectivity index is 0.000000455. The van der Waals surface area contributed by atoms with Gasteiger partial charge in [0.05, 0.1) is 11.8 Å². The van der Waals surface area contributed by atoms with Gasteiger partial charge >= 0.3 is 12.4 Å². The van der Waals surface area contributed by atoms with E-state index < -0.39 is 47.3 Å². The van der Waals surface area contributed by atoms with E-state index in [2.05, 4.69) is 17.8 Å². The number of nitrogens with zero attached hydrogens (tertiary/aromatic N) is 1. The van der Waals surface area contributed by atoms with Gasteiger partial charge in [-0.3, -0.25) is 9.78 Å². The number of halogens is 8. The van der Waals surface area contributed by atoms with Crippen molar-refractivity contribution >= 4 is 5.91 Å². The van der Waals surface area contributed by atoms with E-state index in [9.17, 15) is 39.9 Å². The molecular weight excluding hydrogens is 608 g/mol. The Morgan fingerprint density at radius 2 is 1.58 bits per heavy atom. The molecule has 0 spiro atoms. The maximum absolute atomic E-state index is 13.9. The molecule has 1 aromatic heterocycles. The molecule has 3 aromatic rings. The van der Waals surface area contributed by atoms with Crippen LogP contribution in [-0.2, 0) is 17.4 Å². The highest BCUT2D eigenvalue weighted by Gasteiger charge is 2.46. The van der Waals surface area contributed by atoms with Crippen molar-refractivity contribution in [2.45, 2.75) is 37.5 Å². The minimum absolute atomic E-state index is 0.0353. The molecule has 2 atom stereocenters. The van der Waals surface area contributed by atoms with Gasteiger partial charge in [-0.1, -0.05) is 48.6 Å². The van der Waals surface area contributed by atoms with Gasteiger partial charge < -0.3 is 10.4 Å². The number of aliphatic hydroxyl groups excluding tert-OH is 1. The minimum Gasteiger partial charge on any atom is -0.400 e. The molecule has 1 amide bonds. The van der Waals surface area contributed by atoms with Crippen LogP contribution in [0.1, 0.15) is 41.1 Å². The number of aliphatic hydroxyl groups is 1. The standard InChI is InChI=1S/C20H14F5N.C10H12F3NO.C2H2.CH4O/c21-16-6-7-19(26-12-16)18(8-13-4-2-1-3-5-13)14-9-15(20(23,24)25)11-17(22)10-14;1-14-9(15)8(10(11,12)13)7-5-3-2-4-6-7;2*1-2/h1-7,9-12,18H,8H2;3,5-6,8H,2,4H2,1H3,(H,14,15);1-2H;2H,1H3/t18-;8-;;/m01../s1. The lowest BCUT2D eigenvalue weighted by Crippen LogP contribution is -2.38. The lowest BCUT2D eigenvalue weighted by molar-refractivity contribution is -0.173. The first-order valence-electron chi connectivity index (χ1n) is 13.3. The molecule has 2 aromatic carbocycles. The van der Waals surface area contributed by atoms with E-state index in [1.165, 1.54) is 31.3 Å². The number of benzene rings is 2. The maximum atomic E-state index is 13.9. The Morgan fingerprint density at radius 1 is 0.933 bits per heavy atom. The van der Waals surface area contributed by atoms with Gasteiger partial charge in [-0.2, -0.15) is 26.3 Å². The third-order valence-electron chi connectivity index (χ3n) is 6.23. The molecule has 0 saturated heterocycles. The highest BCUT2D eigenvalue weighted by atomic mass is 19.4. The summed E-state index contributed by atoms with van der Waals surface area (Å²) >= 11 is 0. The molecule has 1 aliphatic carbocycles. The molecule has 12 heteroatoms. The molecular formula is C33H32F8N2O2. The molecule has 242 valence electrons. The first kappa shape index (κ1) is 38.5. The van der Waals surface area contributed by atoms with Gasteiger partial charge in [0.15, 0.2) is 5.92 Å². The summed E-state index contributed by atoms with van der Waals surface area (Å²) in [4.78, 5) is 15.1. The number of amides is 1. The number of nitrogens with one attached hydrogen (secondary N) is 1. The van der Waals surface area contributed by atoms with Crippen molar-refractivity contribution in [3.8, 4) is 12.8 Å². The van der Waals surface area contributed by atoms with Crippen molar-refractivity contribution in [2.24, 2.45) is 5.92 Å². The Hall–Kier alpha value is -4.50. The summed E-state index contributed by atoms with van der Waals surface area (Å²) in [6, 6.07) is 14.1. The summed E-state index contributed by atoms with van der Waals surface area (Å²) in [6.45, 7) is 0. The van der Waals surface area contributed by atoms with Crippen LogP contribution in [0.25, 0.3) is 0 Å². The van der Waals surface area contributed by atoms with Gasteiger partial charge in [0.1, 0.15) is 11.6 Å². The Kier molecular flexibility index (Phi) is 15.7. The first-order chi connectivity index (χ1) is 21.3. The molecule has 1 aliphatic rings. The van der Waals surface area contributed by atoms with Crippen LogP contribution in [0.2, 0.25) is 0 Å². The van der Waals surface area contributed by atoms with Crippen molar-refractivity contribution in [3.05, 3.63) is 125 Å². The van der Waals surface area contributed by atoms with E-state index in [4.69, 9.17) is 5.11 Å². The zero-order valence-electron chi connectivity index (χ0n) is 24.3. The van der Waals surface area contributed by atoms with E-state index >= 15 is 0 Å². The molecule has 4 rings (SSSR count). The van der Waals surface area contributed by atoms with E-state index in [0.717, 1.165) is 37.4 Å². The minimum atomic E-state index is -4.66. The first-order valence-corrected chi connectivity index (χ1v) is 13.3. The molecule has 0 saturated carbocycles. The van der Waals surface area contributed by atoms with Crippen molar-refractivity contribution in [2.75, 3.05) is 14.2 Å². The maximum Gasteiger partial charge on any atom is 0.416 e. The van der Waals surface area contributed by atoms with Crippen molar-refractivity contribution < 1.29 is 45.0 Å². The van der Waals surface area contributed by atoms with Crippen molar-refractivity contribution in [1.29, 1.82) is 0 Å². The van der Waals surface area contributed by atoms with E-state index in [-0.39, 0.29) is 11.1 Å². The fourth-order valence-corrected chi connectivity index (χ4v) is 4.29. The van der Waals surface area contributed by atoms with Crippen molar-refractivity contribution in [3.63, 3.8) is 0 Å². The van der Waals surface area contributed by atoms with Crippen LogP contribution in [0.5, 0.6) is 0 Å². The molecule has 1 heterocycles. The molecule has 0 radical (unpaired) electrons. The second-order valence-corrected chi connectivity index (χ2v) is 9.19. The molecule has 0 aliphatic heterocycles. The number of allylic oxidation sites excluding steroid dienone is 3. The zero-order valence-corrected chi connectivity index (χ0v) is 24.3. The van der Waals surface area contributed by atoms with Gasteiger partial charge in [-0.25, -0.2) is 8.78 Å². The summed E-state index contributed by atoms with van der Waals surface area (Å²) in [5.41, 5.74) is 0.330. The van der Waals surface area contributed by atoms with E-state index in [0.29, 0.717) is 24.6 Å². The molecule has 45 heavy (non-hydrogen) atoms. The number of alkyl halides is 6. The van der Waals surface area contributed by atoms with E-state index in [1.807, 2.05) is 23.5 Å². The highest BCUT2D eigenvalue weighted by molar-refractivity contribution is 5.82. The van der Waals surface area contributed by atoms with Crippen LogP contribution in [0.15, 0.2) is 90.7 Å². The number of rotatable bonds is 6. The van der Waals surface area contributed by atoms with Crippen LogP contribution in [0, 0.1) is 30.4 Å². The number of pyridine rings is 1. The van der Waals surface area contributed by atoms with Crippen LogP contribution in [0.3, 0.4) is 0 Å². The van der Waals surface area contributed by atoms with Gasteiger partial charge in [-0.15, -0.1) is 12.8 Å². The fourth-order valence-electron chi connectivity index (χ4n) is 4.29. The largest absolute Gasteiger partial charge is 0.416 e. The van der Waals surface area contributed by atoms with Gasteiger partial charge in [0.25, 0.3) is 0 Å². The number of terminal acetylenes is 1. The van der Waals surface area contributed by atoms with E-state index in [1.54, 1.807) is 18.2 Å². The summed E-state index contributed by atoms with van der Waals surface area (Å²) < 4.78 is 104. The molecule has 0 bridgehead atoms. The summed E-state index contributed by atoms with van der Waals surface area (Å²) in [5, 5.41) is 9.04. The van der Waals surface area contributed by atoms with Crippen LogP contribution in [-0.4, -0.2) is 36.3 Å². The topological polar surface area (TPSA) is 62.2 Å². The third kappa shape index (κ3) is 12.2. The SMILES string of the molecule is C#C.CNC(=O)[C@@H](C1=CCCC=C1)C(F)(F)F.CO.Fc1ccc([C@@H](Cc2ccccc2)c2cc(F)cc(C(F)(F)F)c2)nc1. The van der Waals surface area contributed by atoms with Crippen molar-refractivity contribution in [1.82, 2.24) is 10.3 Å². The number of carbonyl (C=O) groups is 1. The Morgan fingerprint density at radius 3 is 2.07 bits per heavy atom. The smallest absolute Gasteiger partial charge is 0.400 e. The number of carbonyl (C=O) groups excluding carboxylic acids is 1. The van der Waals surface area contributed by atoms with Gasteiger partial charge in [-0.05, 0) is 66.3 Å². The molecule has 0 fully saturated rings. The lowest BCUT2D eigenvalue weighted by atomic mass is 9.88. The summed E-state index contributed by atoms with van der Waals surface area (Å²) in [6.07, 6.45) is 5.87. The Bertz CT molecular complexity index is 1410. The molecule has 0 unspecified atom stereocenters. The quantitative estimate of drug-likeness (QED) is 0.214. The second-order valence-electron chi connectivity index (χ2n) is 9.19. The highest BCUT2D eigenvalue weighted by Crippen LogP contribution is 2.36. The number of aromatic nitrogens is 1.